The summed E-state index contributed by atoms with van der Waals surface area (Å²) in [5.74, 6) is 0.513. The number of benzene rings is 2. The van der Waals surface area contributed by atoms with Gasteiger partial charge in [-0.15, -0.1) is 0 Å². The number of carbonyl (C=O) groups is 1. The zero-order chi connectivity index (χ0) is 21.1. The topological polar surface area (TPSA) is 57.1 Å². The second-order valence-electron chi connectivity index (χ2n) is 6.39. The average Bonchev–Trinajstić information content (AvgIpc) is 3.01. The van der Waals surface area contributed by atoms with Gasteiger partial charge in [0.05, 0.1) is 27.8 Å². The van der Waals surface area contributed by atoms with Crippen molar-refractivity contribution in [2.24, 2.45) is 4.99 Å². The van der Waals surface area contributed by atoms with Gasteiger partial charge >= 0.3 is 5.97 Å². The first-order valence-corrected chi connectivity index (χ1v) is 10.0. The van der Waals surface area contributed by atoms with Crippen molar-refractivity contribution in [2.45, 2.75) is 26.9 Å². The average molecular weight is 455 g/mol. The Morgan fingerprint density at radius 3 is 2.52 bits per heavy atom. The SMILES string of the molecule is CCOc1cc(/C=C2\N=C(c3ccc(Cl)c(Cl)c3)OC2=O)cc(Cl)c1OC(C)C. The van der Waals surface area contributed by atoms with Gasteiger partial charge in [-0.1, -0.05) is 34.8 Å². The van der Waals surface area contributed by atoms with Crippen LogP contribution in [0.25, 0.3) is 6.08 Å². The highest BCUT2D eigenvalue weighted by atomic mass is 35.5. The van der Waals surface area contributed by atoms with E-state index in [0.717, 1.165) is 0 Å². The van der Waals surface area contributed by atoms with Gasteiger partial charge in [-0.05, 0) is 62.7 Å². The summed E-state index contributed by atoms with van der Waals surface area (Å²) in [6, 6.07) is 8.28. The molecule has 0 saturated heterocycles. The van der Waals surface area contributed by atoms with Gasteiger partial charge < -0.3 is 14.2 Å². The van der Waals surface area contributed by atoms with Crippen molar-refractivity contribution >= 4 is 52.7 Å². The molecule has 3 rings (SSSR count). The molecule has 0 aliphatic carbocycles. The number of hydrogen-bond acceptors (Lipinski definition) is 5. The predicted octanol–water partition coefficient (Wildman–Crippen LogP) is 6.18. The summed E-state index contributed by atoms with van der Waals surface area (Å²) in [5, 5.41) is 1.11. The molecule has 0 spiro atoms. The molecule has 1 heterocycles. The van der Waals surface area contributed by atoms with E-state index < -0.39 is 5.97 Å². The third kappa shape index (κ3) is 5.04. The van der Waals surface area contributed by atoms with E-state index in [4.69, 9.17) is 49.0 Å². The first-order valence-electron chi connectivity index (χ1n) is 8.89. The summed E-state index contributed by atoms with van der Waals surface area (Å²) in [5.41, 5.74) is 1.30. The van der Waals surface area contributed by atoms with E-state index in [1.54, 1.807) is 36.4 Å². The molecule has 5 nitrogen and oxygen atoms in total. The second kappa shape index (κ2) is 9.08. The van der Waals surface area contributed by atoms with Crippen molar-refractivity contribution in [3.8, 4) is 11.5 Å². The van der Waals surface area contributed by atoms with Gasteiger partial charge in [0.1, 0.15) is 0 Å². The molecule has 0 atom stereocenters. The summed E-state index contributed by atoms with van der Waals surface area (Å²) in [6.45, 7) is 6.10. The number of esters is 1. The van der Waals surface area contributed by atoms with Gasteiger partial charge in [0.25, 0.3) is 0 Å². The Morgan fingerprint density at radius 1 is 1.10 bits per heavy atom. The Kier molecular flexibility index (Phi) is 6.73. The van der Waals surface area contributed by atoms with Gasteiger partial charge in [-0.25, -0.2) is 9.79 Å². The Bertz CT molecular complexity index is 1020. The third-order valence-corrected chi connectivity index (χ3v) is 4.80. The molecule has 0 amide bonds. The fraction of sp³-hybridized carbons (Fsp3) is 0.238. The van der Waals surface area contributed by atoms with Crippen LogP contribution in [-0.2, 0) is 9.53 Å². The standard InChI is InChI=1S/C21H18Cl3NO4/c1-4-27-18-9-12(7-16(24)19(18)28-11(2)3)8-17-21(26)29-20(25-17)13-5-6-14(22)15(23)10-13/h5-11H,4H2,1-3H3/b17-8-. The third-order valence-electron chi connectivity index (χ3n) is 3.78. The predicted molar refractivity (Wildman–Crippen MR) is 115 cm³/mol. The molecule has 0 fully saturated rings. The zero-order valence-corrected chi connectivity index (χ0v) is 18.2. The van der Waals surface area contributed by atoms with Gasteiger partial charge in [0, 0.05) is 5.56 Å². The van der Waals surface area contributed by atoms with Gasteiger partial charge in [-0.2, -0.15) is 0 Å². The fourth-order valence-corrected chi connectivity index (χ4v) is 3.17. The maximum atomic E-state index is 12.3. The maximum absolute atomic E-state index is 12.3. The molecule has 2 aromatic carbocycles. The van der Waals surface area contributed by atoms with E-state index in [-0.39, 0.29) is 17.7 Å². The minimum Gasteiger partial charge on any atom is -0.490 e. The molecule has 152 valence electrons. The van der Waals surface area contributed by atoms with Crippen LogP contribution in [-0.4, -0.2) is 24.6 Å². The van der Waals surface area contributed by atoms with Crippen molar-refractivity contribution in [3.63, 3.8) is 0 Å². The minimum absolute atomic E-state index is 0.0703. The molecule has 8 heteroatoms. The number of rotatable bonds is 6. The molecule has 1 aliphatic rings. The largest absolute Gasteiger partial charge is 0.490 e. The number of cyclic esters (lactones) is 1. The maximum Gasteiger partial charge on any atom is 0.363 e. The highest BCUT2D eigenvalue weighted by Crippen LogP contribution is 2.38. The van der Waals surface area contributed by atoms with Crippen LogP contribution < -0.4 is 9.47 Å². The van der Waals surface area contributed by atoms with Crippen LogP contribution in [0, 0.1) is 0 Å². The molecule has 0 saturated carbocycles. The van der Waals surface area contributed by atoms with Crippen LogP contribution >= 0.6 is 34.8 Å². The van der Waals surface area contributed by atoms with Crippen LogP contribution in [0.3, 0.4) is 0 Å². The summed E-state index contributed by atoms with van der Waals surface area (Å²) in [4.78, 5) is 16.5. The summed E-state index contributed by atoms with van der Waals surface area (Å²) in [6.07, 6.45) is 1.50. The van der Waals surface area contributed by atoms with Gasteiger partial charge in [0.15, 0.2) is 17.2 Å². The molecule has 0 unspecified atom stereocenters. The Labute approximate surface area is 183 Å². The van der Waals surface area contributed by atoms with Crippen molar-refractivity contribution in [1.29, 1.82) is 0 Å². The van der Waals surface area contributed by atoms with Crippen LogP contribution in [0.1, 0.15) is 31.9 Å². The molecule has 0 bridgehead atoms. The Balaban J connectivity index is 1.97. The second-order valence-corrected chi connectivity index (χ2v) is 7.62. The van der Waals surface area contributed by atoms with Crippen molar-refractivity contribution in [1.82, 2.24) is 0 Å². The fourth-order valence-electron chi connectivity index (χ4n) is 2.60. The highest BCUT2D eigenvalue weighted by molar-refractivity contribution is 6.42. The summed E-state index contributed by atoms with van der Waals surface area (Å²) >= 11 is 18.3. The lowest BCUT2D eigenvalue weighted by Gasteiger charge is -2.16. The number of aliphatic imine (C=N–C) groups is 1. The highest BCUT2D eigenvalue weighted by Gasteiger charge is 2.25. The van der Waals surface area contributed by atoms with Crippen LogP contribution in [0.5, 0.6) is 11.5 Å². The van der Waals surface area contributed by atoms with Crippen LogP contribution in [0.2, 0.25) is 15.1 Å². The quantitative estimate of drug-likeness (QED) is 0.386. The monoisotopic (exact) mass is 453 g/mol. The molecule has 29 heavy (non-hydrogen) atoms. The van der Waals surface area contributed by atoms with Crippen molar-refractivity contribution in [3.05, 3.63) is 62.2 Å². The lowest BCUT2D eigenvalue weighted by atomic mass is 10.1. The normalized spacial score (nSPS) is 14.9. The van der Waals surface area contributed by atoms with Crippen LogP contribution in [0.4, 0.5) is 0 Å². The molecular weight excluding hydrogens is 437 g/mol. The summed E-state index contributed by atoms with van der Waals surface area (Å²) < 4.78 is 16.7. The molecule has 0 N–H and O–H groups in total. The number of hydrogen-bond donors (Lipinski definition) is 0. The number of nitrogens with zero attached hydrogens (tertiary/aromatic N) is 1. The van der Waals surface area contributed by atoms with E-state index >= 15 is 0 Å². The van der Waals surface area contributed by atoms with E-state index in [0.29, 0.717) is 44.3 Å². The van der Waals surface area contributed by atoms with E-state index in [1.807, 2.05) is 20.8 Å². The first kappa shape index (κ1) is 21.5. The Morgan fingerprint density at radius 2 is 1.86 bits per heavy atom. The lowest BCUT2D eigenvalue weighted by molar-refractivity contribution is -0.129. The van der Waals surface area contributed by atoms with Gasteiger partial charge in [0.2, 0.25) is 5.90 Å². The number of ether oxygens (including phenoxy) is 3. The van der Waals surface area contributed by atoms with Gasteiger partial charge in [-0.3, -0.25) is 0 Å². The summed E-state index contributed by atoms with van der Waals surface area (Å²) in [7, 11) is 0. The molecule has 1 aliphatic heterocycles. The van der Waals surface area contributed by atoms with E-state index in [9.17, 15) is 4.79 Å². The molecule has 2 aromatic rings. The smallest absolute Gasteiger partial charge is 0.363 e. The Hall–Kier alpha value is -2.21. The zero-order valence-electron chi connectivity index (χ0n) is 16.0. The molecule has 0 aromatic heterocycles. The van der Waals surface area contributed by atoms with Crippen molar-refractivity contribution < 1.29 is 19.0 Å². The van der Waals surface area contributed by atoms with Crippen molar-refractivity contribution in [2.75, 3.05) is 6.61 Å². The minimum atomic E-state index is -0.581. The lowest BCUT2D eigenvalue weighted by Crippen LogP contribution is -2.08. The molecule has 0 radical (unpaired) electrons. The molecular formula is C21H18Cl3NO4. The van der Waals surface area contributed by atoms with E-state index in [1.165, 1.54) is 0 Å². The van der Waals surface area contributed by atoms with Crippen LogP contribution in [0.15, 0.2) is 41.0 Å². The number of halogens is 3. The first-order chi connectivity index (χ1) is 13.8. The van der Waals surface area contributed by atoms with E-state index in [2.05, 4.69) is 4.99 Å². The number of carbonyl (C=O) groups excluding carboxylic acids is 1.